The quantitative estimate of drug-likeness (QED) is 0.739. The number of piperidine rings is 1. The maximum atomic E-state index is 12.0. The van der Waals surface area contributed by atoms with E-state index in [-0.39, 0.29) is 5.91 Å². The second kappa shape index (κ2) is 7.64. The third kappa shape index (κ3) is 5.43. The molecule has 1 unspecified atom stereocenters. The number of carbonyl (C=O) groups excluding carboxylic acids is 1. The largest absolute Gasteiger partial charge is 0.482 e. The first-order valence-electron chi connectivity index (χ1n) is 7.08. The molecule has 1 aliphatic rings. The summed E-state index contributed by atoms with van der Waals surface area (Å²) in [6.45, 7) is 1.52. The number of ether oxygens (including phenoxy) is 1. The van der Waals surface area contributed by atoms with Crippen LogP contribution in [0.15, 0.2) is 24.3 Å². The first kappa shape index (κ1) is 15.3. The lowest BCUT2D eigenvalue weighted by molar-refractivity contribution is -0.139. The fraction of sp³-hybridized carbons (Fsp3) is 0.467. The Balaban J connectivity index is 1.85. The van der Waals surface area contributed by atoms with E-state index in [2.05, 4.69) is 10.6 Å². The molecule has 2 rings (SSSR count). The molecule has 1 saturated heterocycles. The van der Waals surface area contributed by atoms with Gasteiger partial charge in [-0.1, -0.05) is 6.07 Å². The van der Waals surface area contributed by atoms with Crippen LogP contribution in [0.1, 0.15) is 19.3 Å². The van der Waals surface area contributed by atoms with E-state index in [0.29, 0.717) is 23.8 Å². The van der Waals surface area contributed by atoms with Crippen LogP contribution in [0.3, 0.4) is 0 Å². The molecule has 0 spiro atoms. The van der Waals surface area contributed by atoms with Gasteiger partial charge in [-0.3, -0.25) is 4.79 Å². The lowest BCUT2D eigenvalue weighted by Crippen LogP contribution is -2.32. The van der Waals surface area contributed by atoms with Crippen LogP contribution in [0.5, 0.6) is 5.75 Å². The first-order valence-corrected chi connectivity index (χ1v) is 7.08. The van der Waals surface area contributed by atoms with Crippen LogP contribution in [-0.2, 0) is 9.59 Å². The molecule has 0 saturated carbocycles. The minimum atomic E-state index is -1.03. The molecule has 6 nitrogen and oxygen atoms in total. The predicted octanol–water partition coefficient (Wildman–Crippen LogP) is 1.48. The molecule has 1 amide bonds. The fourth-order valence-corrected chi connectivity index (χ4v) is 2.38. The normalized spacial score (nSPS) is 18.0. The first-order chi connectivity index (χ1) is 10.1. The monoisotopic (exact) mass is 292 g/mol. The van der Waals surface area contributed by atoms with Gasteiger partial charge < -0.3 is 20.5 Å². The second-order valence-electron chi connectivity index (χ2n) is 5.17. The number of carboxylic acids is 1. The number of amides is 1. The number of carboxylic acid groups (broad SMARTS) is 1. The van der Waals surface area contributed by atoms with E-state index in [4.69, 9.17) is 9.84 Å². The van der Waals surface area contributed by atoms with Gasteiger partial charge in [0.1, 0.15) is 5.75 Å². The number of benzene rings is 1. The summed E-state index contributed by atoms with van der Waals surface area (Å²) >= 11 is 0. The molecular formula is C15H20N2O4. The van der Waals surface area contributed by atoms with Crippen molar-refractivity contribution >= 4 is 17.6 Å². The van der Waals surface area contributed by atoms with Crippen molar-refractivity contribution in [1.29, 1.82) is 0 Å². The highest BCUT2D eigenvalue weighted by Gasteiger charge is 2.16. The molecule has 3 N–H and O–H groups in total. The van der Waals surface area contributed by atoms with Gasteiger partial charge in [0.15, 0.2) is 6.61 Å². The van der Waals surface area contributed by atoms with E-state index in [1.54, 1.807) is 24.3 Å². The van der Waals surface area contributed by atoms with Crippen LogP contribution in [0, 0.1) is 5.92 Å². The van der Waals surface area contributed by atoms with Crippen molar-refractivity contribution in [3.63, 3.8) is 0 Å². The van der Waals surface area contributed by atoms with Crippen LogP contribution in [0.2, 0.25) is 0 Å². The van der Waals surface area contributed by atoms with Gasteiger partial charge >= 0.3 is 5.97 Å². The average Bonchev–Trinajstić information content (AvgIpc) is 2.46. The van der Waals surface area contributed by atoms with Gasteiger partial charge in [0.2, 0.25) is 5.91 Å². The number of hydrogen-bond acceptors (Lipinski definition) is 4. The van der Waals surface area contributed by atoms with Crippen LogP contribution in [-0.4, -0.2) is 36.7 Å². The lowest BCUT2D eigenvalue weighted by atomic mass is 9.96. The number of carbonyl (C=O) groups is 2. The van der Waals surface area contributed by atoms with E-state index in [1.165, 1.54) is 0 Å². The molecule has 1 aromatic carbocycles. The third-order valence-corrected chi connectivity index (χ3v) is 3.35. The predicted molar refractivity (Wildman–Crippen MR) is 78.4 cm³/mol. The van der Waals surface area contributed by atoms with Crippen molar-refractivity contribution < 1.29 is 19.4 Å². The summed E-state index contributed by atoms with van der Waals surface area (Å²) in [5.41, 5.74) is 0.617. The Bertz CT molecular complexity index is 498. The van der Waals surface area contributed by atoms with Crippen molar-refractivity contribution in [2.24, 2.45) is 5.92 Å². The smallest absolute Gasteiger partial charge is 0.341 e. The molecule has 21 heavy (non-hydrogen) atoms. The minimum Gasteiger partial charge on any atom is -0.482 e. The van der Waals surface area contributed by atoms with E-state index in [9.17, 15) is 9.59 Å². The molecule has 0 aliphatic carbocycles. The maximum absolute atomic E-state index is 12.0. The Kier molecular flexibility index (Phi) is 5.57. The molecule has 6 heteroatoms. The third-order valence-electron chi connectivity index (χ3n) is 3.35. The zero-order chi connectivity index (χ0) is 15.1. The molecule has 0 aromatic heterocycles. The van der Waals surface area contributed by atoms with Crippen molar-refractivity contribution in [2.75, 3.05) is 25.0 Å². The van der Waals surface area contributed by atoms with Gasteiger partial charge in [0.25, 0.3) is 0 Å². The Morgan fingerprint density at radius 2 is 2.29 bits per heavy atom. The van der Waals surface area contributed by atoms with E-state index >= 15 is 0 Å². The highest BCUT2D eigenvalue weighted by atomic mass is 16.5. The summed E-state index contributed by atoms with van der Waals surface area (Å²) in [5, 5.41) is 14.7. The van der Waals surface area contributed by atoms with Gasteiger partial charge in [-0.15, -0.1) is 0 Å². The average molecular weight is 292 g/mol. The molecule has 114 valence electrons. The number of nitrogens with one attached hydrogen (secondary N) is 2. The van der Waals surface area contributed by atoms with Crippen molar-refractivity contribution in [3.05, 3.63) is 24.3 Å². The number of anilines is 1. The Morgan fingerprint density at radius 3 is 3.00 bits per heavy atom. The van der Waals surface area contributed by atoms with Gasteiger partial charge in [0.05, 0.1) is 0 Å². The van der Waals surface area contributed by atoms with Gasteiger partial charge in [-0.2, -0.15) is 0 Å². The second-order valence-corrected chi connectivity index (χ2v) is 5.17. The van der Waals surface area contributed by atoms with E-state index in [1.807, 2.05) is 0 Å². The van der Waals surface area contributed by atoms with E-state index < -0.39 is 12.6 Å². The Hall–Kier alpha value is -2.08. The maximum Gasteiger partial charge on any atom is 0.341 e. The highest BCUT2D eigenvalue weighted by Crippen LogP contribution is 2.19. The Morgan fingerprint density at radius 1 is 1.43 bits per heavy atom. The van der Waals surface area contributed by atoms with Crippen LogP contribution in [0.25, 0.3) is 0 Å². The SMILES string of the molecule is O=C(O)COc1cccc(NC(=O)CC2CCCNC2)c1. The van der Waals surface area contributed by atoms with Gasteiger partial charge in [-0.05, 0) is 44.0 Å². The number of hydrogen-bond donors (Lipinski definition) is 3. The van der Waals surface area contributed by atoms with Crippen LogP contribution in [0.4, 0.5) is 5.69 Å². The molecular weight excluding hydrogens is 272 g/mol. The molecule has 1 fully saturated rings. The van der Waals surface area contributed by atoms with Crippen molar-refractivity contribution in [2.45, 2.75) is 19.3 Å². The molecule has 1 aromatic rings. The Labute approximate surface area is 123 Å². The zero-order valence-electron chi connectivity index (χ0n) is 11.8. The molecule has 1 atom stereocenters. The van der Waals surface area contributed by atoms with Crippen molar-refractivity contribution in [1.82, 2.24) is 5.32 Å². The summed E-state index contributed by atoms with van der Waals surface area (Å²) in [4.78, 5) is 22.4. The highest BCUT2D eigenvalue weighted by molar-refractivity contribution is 5.91. The van der Waals surface area contributed by atoms with Crippen LogP contribution >= 0.6 is 0 Å². The number of rotatable bonds is 6. The number of aliphatic carboxylic acids is 1. The minimum absolute atomic E-state index is 0.0286. The molecule has 1 heterocycles. The zero-order valence-corrected chi connectivity index (χ0v) is 11.8. The van der Waals surface area contributed by atoms with Gasteiger partial charge in [-0.25, -0.2) is 4.79 Å². The molecule has 0 bridgehead atoms. The summed E-state index contributed by atoms with van der Waals surface area (Å²) < 4.78 is 5.08. The van der Waals surface area contributed by atoms with Gasteiger partial charge in [0, 0.05) is 18.2 Å². The lowest BCUT2D eigenvalue weighted by Gasteiger charge is -2.22. The van der Waals surface area contributed by atoms with Crippen molar-refractivity contribution in [3.8, 4) is 5.75 Å². The summed E-state index contributed by atoms with van der Waals surface area (Å²) in [5.74, 6) is -0.256. The summed E-state index contributed by atoms with van der Waals surface area (Å²) in [6.07, 6.45) is 2.67. The topological polar surface area (TPSA) is 87.7 Å². The fourth-order valence-electron chi connectivity index (χ4n) is 2.38. The summed E-state index contributed by atoms with van der Waals surface area (Å²) in [6, 6.07) is 6.75. The van der Waals surface area contributed by atoms with E-state index in [0.717, 1.165) is 25.9 Å². The summed E-state index contributed by atoms with van der Waals surface area (Å²) in [7, 11) is 0. The molecule has 1 aliphatic heterocycles. The standard InChI is InChI=1S/C15H20N2O4/c18-14(7-11-3-2-6-16-9-11)17-12-4-1-5-13(8-12)21-10-15(19)20/h1,4-5,8,11,16H,2-3,6-7,9-10H2,(H,17,18)(H,19,20). The van der Waals surface area contributed by atoms with Crippen LogP contribution < -0.4 is 15.4 Å². The molecule has 0 radical (unpaired) electrons.